The molecule has 2 unspecified atom stereocenters. The highest BCUT2D eigenvalue weighted by Crippen LogP contribution is 2.39. The molecule has 1 amide bonds. The first-order valence-corrected chi connectivity index (χ1v) is 10.7. The Bertz CT molecular complexity index is 1160. The molecule has 160 valence electrons. The first-order chi connectivity index (χ1) is 14.9. The summed E-state index contributed by atoms with van der Waals surface area (Å²) in [5.41, 5.74) is 1.93. The molecular weight excluding hydrogens is 438 g/mol. The lowest BCUT2D eigenvalue weighted by Crippen LogP contribution is -2.44. The normalized spacial score (nSPS) is 17.8. The molecule has 0 spiro atoms. The van der Waals surface area contributed by atoms with Crippen molar-refractivity contribution in [1.82, 2.24) is 14.7 Å². The van der Waals surface area contributed by atoms with Crippen molar-refractivity contribution in [2.75, 3.05) is 6.54 Å². The molecule has 8 heteroatoms. The summed E-state index contributed by atoms with van der Waals surface area (Å²) in [5, 5.41) is 5.26. The Morgan fingerprint density at radius 2 is 1.94 bits per heavy atom. The first-order valence-electron chi connectivity index (χ1n) is 9.96. The standard InChI is InChI=1S/C23H21Cl2FN4O/c1-3-29(13-16-6-4-5-7-19(16)26)23(31)21-14(2)28-20-10-11-27-30(20)22(21)15-8-9-17(24)18(25)12-15/h4-12,21-22H,3,13H2,1-2H3. The van der Waals surface area contributed by atoms with Gasteiger partial charge >= 0.3 is 0 Å². The molecule has 2 aromatic carbocycles. The van der Waals surface area contributed by atoms with Crippen LogP contribution >= 0.6 is 23.2 Å². The quantitative estimate of drug-likeness (QED) is 0.492. The van der Waals surface area contributed by atoms with E-state index in [-0.39, 0.29) is 18.3 Å². The zero-order valence-electron chi connectivity index (χ0n) is 17.1. The van der Waals surface area contributed by atoms with Crippen LogP contribution in [-0.2, 0) is 11.3 Å². The van der Waals surface area contributed by atoms with E-state index in [0.717, 1.165) is 5.56 Å². The zero-order chi connectivity index (χ0) is 22.1. The minimum atomic E-state index is -0.614. The van der Waals surface area contributed by atoms with Crippen molar-refractivity contribution in [1.29, 1.82) is 0 Å². The SMILES string of the molecule is CCN(Cc1ccccc1F)C(=O)C1C(C)=Nc2ccnn2C1c1ccc(Cl)c(Cl)c1. The van der Waals surface area contributed by atoms with Gasteiger partial charge in [-0.25, -0.2) is 14.1 Å². The van der Waals surface area contributed by atoms with Crippen molar-refractivity contribution in [2.24, 2.45) is 10.9 Å². The Labute approximate surface area is 190 Å². The summed E-state index contributed by atoms with van der Waals surface area (Å²) >= 11 is 12.4. The van der Waals surface area contributed by atoms with Gasteiger partial charge in [0.15, 0.2) is 5.82 Å². The summed E-state index contributed by atoms with van der Waals surface area (Å²) in [7, 11) is 0. The van der Waals surface area contributed by atoms with Crippen LogP contribution in [-0.4, -0.2) is 32.8 Å². The van der Waals surface area contributed by atoms with Gasteiger partial charge in [-0.2, -0.15) is 5.10 Å². The number of halogens is 3. The molecule has 31 heavy (non-hydrogen) atoms. The molecule has 4 rings (SSSR count). The number of hydrogen-bond donors (Lipinski definition) is 0. The van der Waals surface area contributed by atoms with Crippen LogP contribution in [0.2, 0.25) is 10.0 Å². The van der Waals surface area contributed by atoms with E-state index in [1.807, 2.05) is 19.9 Å². The highest BCUT2D eigenvalue weighted by atomic mass is 35.5. The third-order valence-corrected chi connectivity index (χ3v) is 6.27. The van der Waals surface area contributed by atoms with Crippen LogP contribution in [0.1, 0.15) is 31.0 Å². The predicted octanol–water partition coefficient (Wildman–Crippen LogP) is 5.69. The Hall–Kier alpha value is -2.70. The van der Waals surface area contributed by atoms with Crippen LogP contribution in [0.3, 0.4) is 0 Å². The van der Waals surface area contributed by atoms with Crippen LogP contribution in [0.25, 0.3) is 0 Å². The minimum absolute atomic E-state index is 0.149. The second-order valence-corrected chi connectivity index (χ2v) is 8.24. The second kappa shape index (κ2) is 8.81. The van der Waals surface area contributed by atoms with Gasteiger partial charge in [-0.15, -0.1) is 0 Å². The molecule has 5 nitrogen and oxygen atoms in total. The maximum atomic E-state index is 14.2. The van der Waals surface area contributed by atoms with E-state index >= 15 is 0 Å². The number of fused-ring (bicyclic) bond motifs is 1. The van der Waals surface area contributed by atoms with E-state index < -0.39 is 12.0 Å². The first kappa shape index (κ1) is 21.5. The Morgan fingerprint density at radius 1 is 1.16 bits per heavy atom. The topological polar surface area (TPSA) is 50.5 Å². The van der Waals surface area contributed by atoms with Gasteiger partial charge in [0.1, 0.15) is 11.7 Å². The van der Waals surface area contributed by atoms with E-state index in [4.69, 9.17) is 23.2 Å². The molecule has 0 fully saturated rings. The van der Waals surface area contributed by atoms with Crippen LogP contribution in [0.5, 0.6) is 0 Å². The van der Waals surface area contributed by atoms with Crippen molar-refractivity contribution >= 4 is 40.6 Å². The molecule has 0 bridgehead atoms. The lowest BCUT2D eigenvalue weighted by atomic mass is 9.87. The Kier molecular flexibility index (Phi) is 6.12. The van der Waals surface area contributed by atoms with Gasteiger partial charge in [0, 0.05) is 30.4 Å². The highest BCUT2D eigenvalue weighted by molar-refractivity contribution is 6.42. The predicted molar refractivity (Wildman–Crippen MR) is 121 cm³/mol. The van der Waals surface area contributed by atoms with E-state index in [2.05, 4.69) is 10.1 Å². The summed E-state index contributed by atoms with van der Waals surface area (Å²) in [6.07, 6.45) is 1.65. The largest absolute Gasteiger partial charge is 0.338 e. The molecule has 0 radical (unpaired) electrons. The van der Waals surface area contributed by atoms with Gasteiger partial charge in [-0.05, 0) is 37.6 Å². The van der Waals surface area contributed by atoms with Gasteiger partial charge in [-0.3, -0.25) is 4.79 Å². The molecule has 0 saturated heterocycles. The summed E-state index contributed by atoms with van der Waals surface area (Å²) in [5.74, 6) is -0.437. The molecule has 1 aliphatic rings. The Balaban J connectivity index is 1.75. The van der Waals surface area contributed by atoms with Crippen molar-refractivity contribution in [3.63, 3.8) is 0 Å². The maximum Gasteiger partial charge on any atom is 0.234 e. The number of aliphatic imine (C=N–C) groups is 1. The van der Waals surface area contributed by atoms with Crippen LogP contribution in [0, 0.1) is 11.7 Å². The van der Waals surface area contributed by atoms with Gasteiger partial charge in [-0.1, -0.05) is 47.5 Å². The average molecular weight is 459 g/mol. The van der Waals surface area contributed by atoms with E-state index in [0.29, 0.717) is 33.7 Å². The fourth-order valence-electron chi connectivity index (χ4n) is 3.95. The van der Waals surface area contributed by atoms with Crippen molar-refractivity contribution in [3.05, 3.63) is 81.7 Å². The van der Waals surface area contributed by atoms with Crippen LogP contribution < -0.4 is 0 Å². The number of carbonyl (C=O) groups is 1. The smallest absolute Gasteiger partial charge is 0.234 e. The molecular formula is C23H21Cl2FN4O. The van der Waals surface area contributed by atoms with Gasteiger partial charge in [0.25, 0.3) is 0 Å². The van der Waals surface area contributed by atoms with E-state index in [1.54, 1.807) is 52.2 Å². The number of amides is 1. The molecule has 2 heterocycles. The molecule has 0 saturated carbocycles. The molecule has 0 N–H and O–H groups in total. The lowest BCUT2D eigenvalue weighted by Gasteiger charge is -2.34. The number of aromatic nitrogens is 2. The summed E-state index contributed by atoms with van der Waals surface area (Å²) in [6.45, 7) is 4.31. The fourth-order valence-corrected chi connectivity index (χ4v) is 4.25. The molecule has 2 atom stereocenters. The number of rotatable bonds is 5. The summed E-state index contributed by atoms with van der Waals surface area (Å²) in [6, 6.07) is 13.1. The van der Waals surface area contributed by atoms with Gasteiger partial charge in [0.2, 0.25) is 5.91 Å². The average Bonchev–Trinajstić information content (AvgIpc) is 3.21. The van der Waals surface area contributed by atoms with E-state index in [9.17, 15) is 9.18 Å². The fraction of sp³-hybridized carbons (Fsp3) is 0.261. The number of hydrogen-bond acceptors (Lipinski definition) is 3. The van der Waals surface area contributed by atoms with Crippen molar-refractivity contribution in [3.8, 4) is 0 Å². The molecule has 3 aromatic rings. The highest BCUT2D eigenvalue weighted by Gasteiger charge is 2.40. The lowest BCUT2D eigenvalue weighted by molar-refractivity contribution is -0.134. The van der Waals surface area contributed by atoms with Crippen LogP contribution in [0.15, 0.2) is 59.7 Å². The van der Waals surface area contributed by atoms with Gasteiger partial charge in [0.05, 0.1) is 22.3 Å². The summed E-state index contributed by atoms with van der Waals surface area (Å²) in [4.78, 5) is 20.0. The number of carbonyl (C=O) groups excluding carboxylic acids is 1. The van der Waals surface area contributed by atoms with Gasteiger partial charge < -0.3 is 4.90 Å². The molecule has 1 aliphatic heterocycles. The van der Waals surface area contributed by atoms with Crippen molar-refractivity contribution in [2.45, 2.75) is 26.4 Å². The van der Waals surface area contributed by atoms with Crippen molar-refractivity contribution < 1.29 is 9.18 Å². The Morgan fingerprint density at radius 3 is 2.65 bits per heavy atom. The second-order valence-electron chi connectivity index (χ2n) is 7.43. The van der Waals surface area contributed by atoms with Crippen LogP contribution in [0.4, 0.5) is 10.2 Å². The third kappa shape index (κ3) is 4.10. The number of benzene rings is 2. The zero-order valence-corrected chi connectivity index (χ0v) is 18.6. The minimum Gasteiger partial charge on any atom is -0.338 e. The monoisotopic (exact) mass is 458 g/mol. The van der Waals surface area contributed by atoms with E-state index in [1.165, 1.54) is 6.07 Å². The summed E-state index contributed by atoms with van der Waals surface area (Å²) < 4.78 is 16.0. The number of nitrogens with zero attached hydrogens (tertiary/aromatic N) is 4. The molecule has 1 aromatic heterocycles. The maximum absolute atomic E-state index is 14.2. The third-order valence-electron chi connectivity index (χ3n) is 5.53. The molecule has 0 aliphatic carbocycles.